The smallest absolute Gasteiger partial charge is 0.271 e. The number of carbonyl (C=O) groups excluding carboxylic acids is 1. The second-order valence-electron chi connectivity index (χ2n) is 5.36. The van der Waals surface area contributed by atoms with Gasteiger partial charge in [0.2, 0.25) is 0 Å². The van der Waals surface area contributed by atoms with Crippen molar-refractivity contribution in [3.05, 3.63) is 57.8 Å². The molecule has 0 saturated heterocycles. The predicted octanol–water partition coefficient (Wildman–Crippen LogP) is 2.95. The SMILES string of the molecule is CC[C@@H](C)NC(=O)c1cnc2scc(-c3ccccc3)n2c1=O. The molecule has 0 spiro atoms. The Morgan fingerprint density at radius 2 is 2.09 bits per heavy atom. The molecule has 118 valence electrons. The van der Waals surface area contributed by atoms with Crippen molar-refractivity contribution in [1.29, 1.82) is 0 Å². The van der Waals surface area contributed by atoms with Crippen LogP contribution in [-0.4, -0.2) is 21.3 Å². The van der Waals surface area contributed by atoms with E-state index in [9.17, 15) is 9.59 Å². The molecule has 0 aliphatic heterocycles. The fraction of sp³-hybridized carbons (Fsp3) is 0.235. The van der Waals surface area contributed by atoms with Crippen LogP contribution >= 0.6 is 11.3 Å². The van der Waals surface area contributed by atoms with Gasteiger partial charge in [0.25, 0.3) is 11.5 Å². The maximum Gasteiger partial charge on any atom is 0.271 e. The largest absolute Gasteiger partial charge is 0.349 e. The summed E-state index contributed by atoms with van der Waals surface area (Å²) in [6.45, 7) is 3.88. The molecule has 1 N–H and O–H groups in total. The molecular weight excluding hydrogens is 310 g/mol. The Kier molecular flexibility index (Phi) is 4.25. The summed E-state index contributed by atoms with van der Waals surface area (Å²) in [5.41, 5.74) is 1.40. The Morgan fingerprint density at radius 1 is 1.35 bits per heavy atom. The summed E-state index contributed by atoms with van der Waals surface area (Å²) < 4.78 is 1.51. The van der Waals surface area contributed by atoms with Crippen LogP contribution in [0.1, 0.15) is 30.6 Å². The highest BCUT2D eigenvalue weighted by molar-refractivity contribution is 7.15. The number of fused-ring (bicyclic) bond motifs is 1. The van der Waals surface area contributed by atoms with Crippen LogP contribution in [0.25, 0.3) is 16.2 Å². The highest BCUT2D eigenvalue weighted by Crippen LogP contribution is 2.23. The molecule has 1 atom stereocenters. The minimum Gasteiger partial charge on any atom is -0.349 e. The zero-order valence-corrected chi connectivity index (χ0v) is 13.8. The van der Waals surface area contributed by atoms with Gasteiger partial charge in [-0.25, -0.2) is 4.98 Å². The van der Waals surface area contributed by atoms with Crippen LogP contribution in [0, 0.1) is 0 Å². The number of thiazole rings is 1. The van der Waals surface area contributed by atoms with Gasteiger partial charge in [-0.3, -0.25) is 14.0 Å². The summed E-state index contributed by atoms with van der Waals surface area (Å²) in [6, 6.07) is 9.62. The van der Waals surface area contributed by atoms with E-state index in [1.54, 1.807) is 0 Å². The fourth-order valence-electron chi connectivity index (χ4n) is 2.26. The molecule has 0 aliphatic carbocycles. The Balaban J connectivity index is 2.12. The van der Waals surface area contributed by atoms with Crippen molar-refractivity contribution in [2.24, 2.45) is 0 Å². The average Bonchev–Trinajstić information content (AvgIpc) is 3.00. The van der Waals surface area contributed by atoms with Gasteiger partial charge in [0.05, 0.1) is 5.69 Å². The lowest BCUT2D eigenvalue weighted by molar-refractivity contribution is 0.0937. The van der Waals surface area contributed by atoms with Gasteiger partial charge in [0, 0.05) is 17.6 Å². The zero-order valence-electron chi connectivity index (χ0n) is 12.9. The molecule has 3 rings (SSSR count). The lowest BCUT2D eigenvalue weighted by atomic mass is 10.2. The van der Waals surface area contributed by atoms with Crippen LogP contribution in [0.4, 0.5) is 0 Å². The first-order valence-corrected chi connectivity index (χ1v) is 8.35. The quantitative estimate of drug-likeness (QED) is 0.801. The van der Waals surface area contributed by atoms with Crippen LogP contribution in [0.5, 0.6) is 0 Å². The number of hydrogen-bond acceptors (Lipinski definition) is 4. The van der Waals surface area contributed by atoms with Crippen molar-refractivity contribution in [1.82, 2.24) is 14.7 Å². The van der Waals surface area contributed by atoms with E-state index in [0.29, 0.717) is 4.96 Å². The van der Waals surface area contributed by atoms with Crippen molar-refractivity contribution in [3.63, 3.8) is 0 Å². The molecule has 0 radical (unpaired) electrons. The van der Waals surface area contributed by atoms with E-state index in [-0.39, 0.29) is 23.1 Å². The van der Waals surface area contributed by atoms with E-state index in [0.717, 1.165) is 17.7 Å². The summed E-state index contributed by atoms with van der Waals surface area (Å²) in [6.07, 6.45) is 2.16. The maximum absolute atomic E-state index is 12.8. The second kappa shape index (κ2) is 6.34. The zero-order chi connectivity index (χ0) is 16.4. The maximum atomic E-state index is 12.8. The number of nitrogens with zero attached hydrogens (tertiary/aromatic N) is 2. The molecule has 1 aromatic carbocycles. The number of carbonyl (C=O) groups is 1. The fourth-order valence-corrected chi connectivity index (χ4v) is 3.12. The first-order chi connectivity index (χ1) is 11.1. The van der Waals surface area contributed by atoms with Crippen molar-refractivity contribution in [2.45, 2.75) is 26.3 Å². The van der Waals surface area contributed by atoms with Gasteiger partial charge in [-0.1, -0.05) is 37.3 Å². The highest BCUT2D eigenvalue weighted by Gasteiger charge is 2.17. The minimum absolute atomic E-state index is 0.0127. The summed E-state index contributed by atoms with van der Waals surface area (Å²) in [4.78, 5) is 29.9. The molecule has 0 saturated carbocycles. The lowest BCUT2D eigenvalue weighted by Crippen LogP contribution is -2.36. The molecule has 0 aliphatic rings. The average molecular weight is 327 g/mol. The molecule has 3 aromatic rings. The molecule has 0 fully saturated rings. The molecule has 2 aromatic heterocycles. The van der Waals surface area contributed by atoms with E-state index in [2.05, 4.69) is 10.3 Å². The molecule has 0 bridgehead atoms. The number of benzene rings is 1. The number of amides is 1. The number of rotatable bonds is 4. The van der Waals surface area contributed by atoms with Crippen LogP contribution in [0.3, 0.4) is 0 Å². The number of nitrogens with one attached hydrogen (secondary N) is 1. The summed E-state index contributed by atoms with van der Waals surface area (Å²) in [5.74, 6) is -0.378. The van der Waals surface area contributed by atoms with Gasteiger partial charge in [0.15, 0.2) is 4.96 Å². The monoisotopic (exact) mass is 327 g/mol. The third-order valence-corrected chi connectivity index (χ3v) is 4.59. The van der Waals surface area contributed by atoms with Crippen molar-refractivity contribution >= 4 is 22.2 Å². The van der Waals surface area contributed by atoms with Crippen LogP contribution in [0.2, 0.25) is 0 Å². The lowest BCUT2D eigenvalue weighted by Gasteiger charge is -2.11. The highest BCUT2D eigenvalue weighted by atomic mass is 32.1. The topological polar surface area (TPSA) is 63.5 Å². The molecule has 23 heavy (non-hydrogen) atoms. The van der Waals surface area contributed by atoms with Gasteiger partial charge in [-0.05, 0) is 18.9 Å². The Hall–Kier alpha value is -2.47. The molecule has 6 heteroatoms. The van der Waals surface area contributed by atoms with Gasteiger partial charge in [-0.15, -0.1) is 11.3 Å². The van der Waals surface area contributed by atoms with Gasteiger partial charge in [0.1, 0.15) is 5.56 Å². The van der Waals surface area contributed by atoms with Crippen molar-refractivity contribution < 1.29 is 4.79 Å². The first kappa shape index (κ1) is 15.4. The minimum atomic E-state index is -0.378. The van der Waals surface area contributed by atoms with Crippen molar-refractivity contribution in [3.8, 4) is 11.3 Å². The summed E-state index contributed by atoms with van der Waals surface area (Å²) in [5, 5.41) is 4.70. The Morgan fingerprint density at radius 3 is 2.78 bits per heavy atom. The van der Waals surface area contributed by atoms with E-state index >= 15 is 0 Å². The van der Waals surface area contributed by atoms with Crippen molar-refractivity contribution in [2.75, 3.05) is 0 Å². The van der Waals surface area contributed by atoms with Crippen LogP contribution < -0.4 is 10.9 Å². The normalized spacial score (nSPS) is 12.3. The third kappa shape index (κ3) is 2.90. The second-order valence-corrected chi connectivity index (χ2v) is 6.20. The Bertz CT molecular complexity index is 899. The van der Waals surface area contributed by atoms with Crippen LogP contribution in [-0.2, 0) is 0 Å². The van der Waals surface area contributed by atoms with E-state index in [1.807, 2.05) is 49.6 Å². The third-order valence-electron chi connectivity index (χ3n) is 3.75. The van der Waals surface area contributed by atoms with E-state index in [1.165, 1.54) is 21.9 Å². The van der Waals surface area contributed by atoms with E-state index in [4.69, 9.17) is 0 Å². The first-order valence-electron chi connectivity index (χ1n) is 7.47. The van der Waals surface area contributed by atoms with E-state index < -0.39 is 0 Å². The van der Waals surface area contributed by atoms with Gasteiger partial charge >= 0.3 is 0 Å². The van der Waals surface area contributed by atoms with Gasteiger partial charge in [-0.2, -0.15) is 0 Å². The molecule has 2 heterocycles. The molecular formula is C17H17N3O2S. The predicted molar refractivity (Wildman–Crippen MR) is 92.0 cm³/mol. The molecule has 5 nitrogen and oxygen atoms in total. The van der Waals surface area contributed by atoms with Crippen LogP contribution in [0.15, 0.2) is 46.7 Å². The summed E-state index contributed by atoms with van der Waals surface area (Å²) in [7, 11) is 0. The number of aromatic nitrogens is 2. The number of hydrogen-bond donors (Lipinski definition) is 1. The molecule has 0 unspecified atom stereocenters. The van der Waals surface area contributed by atoms with Gasteiger partial charge < -0.3 is 5.32 Å². The summed E-state index contributed by atoms with van der Waals surface area (Å²) >= 11 is 1.38. The standard InChI is InChI=1S/C17H17N3O2S/c1-3-11(2)19-15(21)13-9-18-17-20(16(13)22)14(10-23-17)12-7-5-4-6-8-12/h4-11H,3H2,1-2H3,(H,19,21)/t11-/m1/s1. The molecule has 1 amide bonds. The Labute approximate surface area is 137 Å².